The summed E-state index contributed by atoms with van der Waals surface area (Å²) in [6.45, 7) is 3.46. The molecular formula is C18H27N. The molecule has 2 aliphatic carbocycles. The van der Waals surface area contributed by atoms with Crippen LogP contribution in [0.25, 0.3) is 0 Å². The topological polar surface area (TPSA) is 12.0 Å². The number of nitrogens with one attached hydrogen (secondary N) is 1. The van der Waals surface area contributed by atoms with E-state index in [-0.39, 0.29) is 0 Å². The van der Waals surface area contributed by atoms with Crippen LogP contribution in [0.15, 0.2) is 24.3 Å². The lowest BCUT2D eigenvalue weighted by molar-refractivity contribution is 0.308. The summed E-state index contributed by atoms with van der Waals surface area (Å²) in [5.74, 6) is 1.69. The molecule has 1 aromatic rings. The zero-order valence-electron chi connectivity index (χ0n) is 12.2. The normalized spacial score (nSPS) is 24.6. The Bertz CT molecular complexity index is 406. The Morgan fingerprint density at radius 2 is 1.95 bits per heavy atom. The summed E-state index contributed by atoms with van der Waals surface area (Å²) in [5.41, 5.74) is 3.25. The smallest absolute Gasteiger partial charge is 0.0164 e. The molecule has 2 unspecified atom stereocenters. The summed E-state index contributed by atoms with van der Waals surface area (Å²) in [6.07, 6.45) is 9.68. The van der Waals surface area contributed by atoms with Crippen molar-refractivity contribution in [3.8, 4) is 0 Å². The van der Waals surface area contributed by atoms with E-state index in [1.807, 2.05) is 0 Å². The number of fused-ring (bicyclic) bond motifs is 1. The Labute approximate surface area is 117 Å². The molecule has 2 atom stereocenters. The zero-order valence-corrected chi connectivity index (χ0v) is 12.2. The van der Waals surface area contributed by atoms with E-state index in [2.05, 4.69) is 36.5 Å². The molecule has 1 aromatic carbocycles. The molecule has 0 aliphatic heterocycles. The summed E-state index contributed by atoms with van der Waals surface area (Å²) in [5, 5.41) is 3.89. The fraction of sp³-hybridized carbons (Fsp3) is 0.667. The highest BCUT2D eigenvalue weighted by Crippen LogP contribution is 2.41. The molecular weight excluding hydrogens is 230 g/mol. The zero-order chi connectivity index (χ0) is 13.1. The van der Waals surface area contributed by atoms with Crippen molar-refractivity contribution in [3.63, 3.8) is 0 Å². The Morgan fingerprint density at radius 1 is 1.16 bits per heavy atom. The molecule has 0 heterocycles. The van der Waals surface area contributed by atoms with Crippen molar-refractivity contribution < 1.29 is 0 Å². The van der Waals surface area contributed by atoms with E-state index in [4.69, 9.17) is 0 Å². The van der Waals surface area contributed by atoms with Crippen LogP contribution >= 0.6 is 0 Å². The first kappa shape index (κ1) is 13.2. The first-order chi connectivity index (χ1) is 9.40. The first-order valence-electron chi connectivity index (χ1n) is 8.21. The average Bonchev–Trinajstić information content (AvgIpc) is 3.09. The van der Waals surface area contributed by atoms with Gasteiger partial charge >= 0.3 is 0 Å². The second kappa shape index (κ2) is 6.09. The van der Waals surface area contributed by atoms with Gasteiger partial charge in [-0.15, -0.1) is 0 Å². The summed E-state index contributed by atoms with van der Waals surface area (Å²) in [6, 6.07) is 9.86. The molecule has 2 aliphatic rings. The van der Waals surface area contributed by atoms with Crippen molar-refractivity contribution in [2.45, 2.75) is 63.8 Å². The summed E-state index contributed by atoms with van der Waals surface area (Å²) in [7, 11) is 0. The molecule has 0 spiro atoms. The minimum Gasteiger partial charge on any atom is -0.313 e. The molecule has 104 valence electrons. The van der Waals surface area contributed by atoms with E-state index < -0.39 is 0 Å². The third kappa shape index (κ3) is 2.72. The van der Waals surface area contributed by atoms with Crippen LogP contribution in [0, 0.1) is 5.92 Å². The highest BCUT2D eigenvalue weighted by atomic mass is 14.9. The molecule has 0 bridgehead atoms. The van der Waals surface area contributed by atoms with Crippen LogP contribution in [0.2, 0.25) is 0 Å². The molecule has 19 heavy (non-hydrogen) atoms. The van der Waals surface area contributed by atoms with Crippen LogP contribution in [0.3, 0.4) is 0 Å². The van der Waals surface area contributed by atoms with Gasteiger partial charge in [-0.3, -0.25) is 0 Å². The monoisotopic (exact) mass is 257 g/mol. The lowest BCUT2D eigenvalue weighted by Gasteiger charge is -2.31. The molecule has 0 saturated heterocycles. The fourth-order valence-electron chi connectivity index (χ4n) is 4.23. The molecule has 1 N–H and O–H groups in total. The average molecular weight is 257 g/mol. The standard InChI is InChI=1S/C18H27N/c1-2-13-19-18(15-8-3-4-9-15)17-12-11-14-7-5-6-10-16(14)17/h5-7,10,15,17-19H,2-4,8-9,11-13H2,1H3. The maximum absolute atomic E-state index is 3.89. The van der Waals surface area contributed by atoms with Gasteiger partial charge in [0.1, 0.15) is 0 Å². The van der Waals surface area contributed by atoms with Gasteiger partial charge in [0.25, 0.3) is 0 Å². The lowest BCUT2D eigenvalue weighted by Crippen LogP contribution is -2.40. The van der Waals surface area contributed by atoms with Crippen LogP contribution in [-0.2, 0) is 6.42 Å². The maximum atomic E-state index is 3.89. The van der Waals surface area contributed by atoms with Crippen LogP contribution < -0.4 is 5.32 Å². The minimum atomic E-state index is 0.728. The number of hydrogen-bond acceptors (Lipinski definition) is 1. The van der Waals surface area contributed by atoms with Gasteiger partial charge in [-0.1, -0.05) is 44.0 Å². The van der Waals surface area contributed by atoms with Gasteiger partial charge in [-0.05, 0) is 55.7 Å². The molecule has 1 heteroatoms. The van der Waals surface area contributed by atoms with Crippen LogP contribution in [-0.4, -0.2) is 12.6 Å². The second-order valence-corrected chi connectivity index (χ2v) is 6.37. The van der Waals surface area contributed by atoms with Crippen molar-refractivity contribution in [1.82, 2.24) is 5.32 Å². The Morgan fingerprint density at radius 3 is 2.74 bits per heavy atom. The first-order valence-corrected chi connectivity index (χ1v) is 8.21. The lowest BCUT2D eigenvalue weighted by atomic mass is 9.83. The van der Waals surface area contributed by atoms with Gasteiger partial charge in [0.2, 0.25) is 0 Å². The van der Waals surface area contributed by atoms with E-state index in [0.717, 1.165) is 17.9 Å². The number of hydrogen-bond donors (Lipinski definition) is 1. The van der Waals surface area contributed by atoms with Crippen molar-refractivity contribution >= 4 is 0 Å². The number of benzene rings is 1. The SMILES string of the molecule is CCCNC(C1CCCC1)C1CCc2ccccc21. The van der Waals surface area contributed by atoms with E-state index in [9.17, 15) is 0 Å². The third-order valence-electron chi connectivity index (χ3n) is 5.15. The molecule has 0 amide bonds. The van der Waals surface area contributed by atoms with E-state index in [1.165, 1.54) is 51.5 Å². The van der Waals surface area contributed by atoms with E-state index in [1.54, 1.807) is 11.1 Å². The fourth-order valence-corrected chi connectivity index (χ4v) is 4.23. The highest BCUT2D eigenvalue weighted by Gasteiger charge is 2.35. The Kier molecular flexibility index (Phi) is 4.22. The minimum absolute atomic E-state index is 0.728. The summed E-state index contributed by atoms with van der Waals surface area (Å²) >= 11 is 0. The van der Waals surface area contributed by atoms with E-state index in [0.29, 0.717) is 0 Å². The van der Waals surface area contributed by atoms with Crippen LogP contribution in [0.1, 0.15) is 62.5 Å². The molecule has 1 nitrogen and oxygen atoms in total. The van der Waals surface area contributed by atoms with E-state index >= 15 is 0 Å². The van der Waals surface area contributed by atoms with Gasteiger partial charge in [-0.25, -0.2) is 0 Å². The van der Waals surface area contributed by atoms with Gasteiger partial charge in [0, 0.05) is 12.0 Å². The quantitative estimate of drug-likeness (QED) is 0.830. The predicted molar refractivity (Wildman–Crippen MR) is 81.5 cm³/mol. The van der Waals surface area contributed by atoms with Crippen LogP contribution in [0.5, 0.6) is 0 Å². The van der Waals surface area contributed by atoms with Crippen LogP contribution in [0.4, 0.5) is 0 Å². The molecule has 1 fully saturated rings. The predicted octanol–water partition coefficient (Wildman–Crippen LogP) is 4.27. The van der Waals surface area contributed by atoms with Crippen molar-refractivity contribution in [2.75, 3.05) is 6.54 Å². The Hall–Kier alpha value is -0.820. The second-order valence-electron chi connectivity index (χ2n) is 6.37. The molecule has 0 aromatic heterocycles. The van der Waals surface area contributed by atoms with Gasteiger partial charge < -0.3 is 5.32 Å². The largest absolute Gasteiger partial charge is 0.313 e. The summed E-state index contributed by atoms with van der Waals surface area (Å²) in [4.78, 5) is 0. The van der Waals surface area contributed by atoms with Crippen molar-refractivity contribution in [3.05, 3.63) is 35.4 Å². The van der Waals surface area contributed by atoms with Gasteiger partial charge in [0.05, 0.1) is 0 Å². The van der Waals surface area contributed by atoms with Crippen molar-refractivity contribution in [1.29, 1.82) is 0 Å². The van der Waals surface area contributed by atoms with Gasteiger partial charge in [-0.2, -0.15) is 0 Å². The maximum Gasteiger partial charge on any atom is 0.0164 e. The molecule has 3 rings (SSSR count). The van der Waals surface area contributed by atoms with Gasteiger partial charge in [0.15, 0.2) is 0 Å². The highest BCUT2D eigenvalue weighted by molar-refractivity contribution is 5.36. The van der Waals surface area contributed by atoms with Crippen molar-refractivity contribution in [2.24, 2.45) is 5.92 Å². The number of aryl methyl sites for hydroxylation is 1. The summed E-state index contributed by atoms with van der Waals surface area (Å²) < 4.78 is 0. The third-order valence-corrected chi connectivity index (χ3v) is 5.15. The Balaban J connectivity index is 1.79. The molecule has 0 radical (unpaired) electrons. The molecule has 1 saturated carbocycles. The number of rotatable bonds is 5.